The molecule has 2 N–H and O–H groups in total. The number of ether oxygens (including phenoxy) is 1. The van der Waals surface area contributed by atoms with Crippen LogP contribution in [0.2, 0.25) is 0 Å². The van der Waals surface area contributed by atoms with Crippen molar-refractivity contribution in [2.24, 2.45) is 5.10 Å². The number of carbonyl (C=O) groups is 1. The zero-order chi connectivity index (χ0) is 22.7. The quantitative estimate of drug-likeness (QED) is 0.287. The van der Waals surface area contributed by atoms with E-state index < -0.39 is 0 Å². The van der Waals surface area contributed by atoms with Gasteiger partial charge in [-0.25, -0.2) is 5.43 Å². The number of fused-ring (bicyclic) bond motifs is 2. The molecule has 0 unspecified atom stereocenters. The van der Waals surface area contributed by atoms with E-state index >= 15 is 0 Å². The molecule has 1 amide bonds. The fraction of sp³-hybridized carbons (Fsp3) is 0.231. The Bertz CT molecular complexity index is 1160. The van der Waals surface area contributed by atoms with Crippen molar-refractivity contribution in [3.63, 3.8) is 0 Å². The number of hydrazone groups is 1. The van der Waals surface area contributed by atoms with Gasteiger partial charge in [-0.15, -0.1) is 0 Å². The average molecular weight is 446 g/mol. The molecule has 5 nitrogen and oxygen atoms in total. The van der Waals surface area contributed by atoms with Crippen molar-refractivity contribution in [3.8, 4) is 5.75 Å². The van der Waals surface area contributed by atoms with Crippen LogP contribution in [0.3, 0.4) is 0 Å². The second-order valence-corrected chi connectivity index (χ2v) is 9.81. The van der Waals surface area contributed by atoms with Gasteiger partial charge < -0.3 is 10.1 Å². The van der Waals surface area contributed by atoms with Gasteiger partial charge in [-0.3, -0.25) is 4.79 Å². The molecule has 3 aromatic carbocycles. The maximum atomic E-state index is 12.2. The largest absolute Gasteiger partial charge is 0.484 e. The highest BCUT2D eigenvalue weighted by atomic mass is 32.2. The van der Waals surface area contributed by atoms with Crippen molar-refractivity contribution in [2.45, 2.75) is 42.9 Å². The van der Waals surface area contributed by atoms with E-state index in [0.717, 1.165) is 27.5 Å². The van der Waals surface area contributed by atoms with E-state index in [2.05, 4.69) is 60.9 Å². The summed E-state index contributed by atoms with van der Waals surface area (Å²) < 4.78 is 5.59. The van der Waals surface area contributed by atoms with Crippen LogP contribution in [0.25, 0.3) is 0 Å². The third-order valence-electron chi connectivity index (χ3n) is 5.21. The predicted octanol–water partition coefficient (Wildman–Crippen LogP) is 6.11. The minimum absolute atomic E-state index is 0.0798. The van der Waals surface area contributed by atoms with Crippen molar-refractivity contribution in [2.75, 3.05) is 11.9 Å². The van der Waals surface area contributed by atoms with Crippen LogP contribution in [0, 0.1) is 0 Å². The van der Waals surface area contributed by atoms with Crippen LogP contribution >= 0.6 is 11.8 Å². The number of para-hydroxylation sites is 1. The monoisotopic (exact) mass is 445 g/mol. The maximum absolute atomic E-state index is 12.2. The molecule has 0 aromatic heterocycles. The average Bonchev–Trinajstić information content (AvgIpc) is 2.79. The van der Waals surface area contributed by atoms with Crippen LogP contribution in [0.1, 0.15) is 38.8 Å². The van der Waals surface area contributed by atoms with E-state index in [1.807, 2.05) is 49.4 Å². The lowest BCUT2D eigenvalue weighted by atomic mass is 9.87. The Labute approximate surface area is 193 Å². The molecular weight excluding hydrogens is 418 g/mol. The van der Waals surface area contributed by atoms with Crippen molar-refractivity contribution >= 4 is 34.8 Å². The van der Waals surface area contributed by atoms with Crippen molar-refractivity contribution in [1.82, 2.24) is 5.43 Å². The molecule has 0 atom stereocenters. The molecule has 0 saturated carbocycles. The summed E-state index contributed by atoms with van der Waals surface area (Å²) in [6, 6.07) is 22.2. The molecule has 0 fully saturated rings. The molecule has 0 aliphatic carbocycles. The number of hydrogen-bond donors (Lipinski definition) is 2. The summed E-state index contributed by atoms with van der Waals surface area (Å²) in [6.45, 7) is 8.26. The third-order valence-corrected chi connectivity index (χ3v) is 6.36. The molecule has 4 rings (SSSR count). The molecule has 1 aliphatic rings. The van der Waals surface area contributed by atoms with E-state index in [4.69, 9.17) is 4.74 Å². The summed E-state index contributed by atoms with van der Waals surface area (Å²) in [6.07, 6.45) is 0. The zero-order valence-corrected chi connectivity index (χ0v) is 19.5. The lowest BCUT2D eigenvalue weighted by Crippen LogP contribution is -2.25. The Hall–Kier alpha value is -3.25. The number of benzene rings is 3. The number of carbonyl (C=O) groups excluding carboxylic acids is 1. The van der Waals surface area contributed by atoms with Gasteiger partial charge in [0.15, 0.2) is 6.61 Å². The molecule has 6 heteroatoms. The highest BCUT2D eigenvalue weighted by Gasteiger charge is 2.16. The van der Waals surface area contributed by atoms with Crippen LogP contribution in [-0.4, -0.2) is 18.2 Å². The van der Waals surface area contributed by atoms with E-state index in [1.54, 1.807) is 11.8 Å². The first-order valence-corrected chi connectivity index (χ1v) is 11.4. The van der Waals surface area contributed by atoms with Gasteiger partial charge in [-0.1, -0.05) is 62.9 Å². The van der Waals surface area contributed by atoms with Crippen LogP contribution in [0.4, 0.5) is 11.4 Å². The Kier molecular flexibility index (Phi) is 6.24. The van der Waals surface area contributed by atoms with Gasteiger partial charge in [-0.05, 0) is 59.9 Å². The first-order chi connectivity index (χ1) is 15.3. The van der Waals surface area contributed by atoms with Crippen molar-refractivity contribution in [3.05, 3.63) is 77.9 Å². The van der Waals surface area contributed by atoms with E-state index in [1.165, 1.54) is 10.5 Å². The Balaban J connectivity index is 1.34. The van der Waals surface area contributed by atoms with Gasteiger partial charge in [0.2, 0.25) is 0 Å². The summed E-state index contributed by atoms with van der Waals surface area (Å²) in [4.78, 5) is 14.6. The molecular formula is C26H27N3O2S. The minimum atomic E-state index is -0.301. The standard InChI is InChI=1S/C26H27N3O2S/c1-17(18-9-14-24-22(15-18)27-21-7-5-6-8-23(21)32-24)28-29-25(30)16-31-20-12-10-19(11-13-20)26(2,3)4/h5-15,27H,16H2,1-4H3,(H,29,30). The van der Waals surface area contributed by atoms with Gasteiger partial charge in [-0.2, -0.15) is 5.10 Å². The molecule has 32 heavy (non-hydrogen) atoms. The molecule has 164 valence electrons. The normalized spacial score (nSPS) is 12.9. The van der Waals surface area contributed by atoms with Crippen LogP contribution in [-0.2, 0) is 10.2 Å². The van der Waals surface area contributed by atoms with E-state index in [9.17, 15) is 4.79 Å². The highest BCUT2D eigenvalue weighted by Crippen LogP contribution is 2.44. The molecule has 0 saturated heterocycles. The van der Waals surface area contributed by atoms with Crippen LogP contribution < -0.4 is 15.5 Å². The number of anilines is 2. The number of hydrogen-bond acceptors (Lipinski definition) is 5. The number of nitrogens with zero attached hydrogens (tertiary/aromatic N) is 1. The molecule has 0 spiro atoms. The second-order valence-electron chi connectivity index (χ2n) is 8.73. The van der Waals surface area contributed by atoms with Crippen molar-refractivity contribution in [1.29, 1.82) is 0 Å². The summed E-state index contributed by atoms with van der Waals surface area (Å²) in [5, 5.41) is 7.72. The third kappa shape index (κ3) is 5.14. The predicted molar refractivity (Wildman–Crippen MR) is 131 cm³/mol. The first kappa shape index (κ1) is 22.0. The maximum Gasteiger partial charge on any atom is 0.277 e. The van der Waals surface area contributed by atoms with Gasteiger partial charge in [0, 0.05) is 9.79 Å². The lowest BCUT2D eigenvalue weighted by molar-refractivity contribution is -0.123. The van der Waals surface area contributed by atoms with Gasteiger partial charge >= 0.3 is 0 Å². The Morgan fingerprint density at radius 1 is 1.00 bits per heavy atom. The molecule has 1 aliphatic heterocycles. The molecule has 0 bridgehead atoms. The fourth-order valence-corrected chi connectivity index (χ4v) is 4.28. The summed E-state index contributed by atoms with van der Waals surface area (Å²) in [5.41, 5.74) is 7.67. The van der Waals surface area contributed by atoms with Gasteiger partial charge in [0.1, 0.15) is 5.75 Å². The molecule has 1 heterocycles. The van der Waals surface area contributed by atoms with E-state index in [0.29, 0.717) is 5.75 Å². The van der Waals surface area contributed by atoms with Gasteiger partial charge in [0.25, 0.3) is 5.91 Å². The second kappa shape index (κ2) is 9.09. The first-order valence-electron chi connectivity index (χ1n) is 10.5. The van der Waals surface area contributed by atoms with Crippen LogP contribution in [0.15, 0.2) is 81.6 Å². The van der Waals surface area contributed by atoms with Gasteiger partial charge in [0.05, 0.1) is 17.1 Å². The SMILES string of the molecule is CC(=NNC(=O)COc1ccc(C(C)(C)C)cc1)c1ccc2c(c1)Nc1ccccc1S2. The topological polar surface area (TPSA) is 62.7 Å². The molecule has 3 aromatic rings. The number of amides is 1. The molecule has 0 radical (unpaired) electrons. The van der Waals surface area contributed by atoms with Crippen molar-refractivity contribution < 1.29 is 9.53 Å². The summed E-state index contributed by atoms with van der Waals surface area (Å²) >= 11 is 1.74. The Morgan fingerprint density at radius 2 is 1.72 bits per heavy atom. The Morgan fingerprint density at radius 3 is 2.47 bits per heavy atom. The number of rotatable bonds is 5. The minimum Gasteiger partial charge on any atom is -0.484 e. The number of nitrogens with one attached hydrogen (secondary N) is 2. The lowest BCUT2D eigenvalue weighted by Gasteiger charge is -2.21. The highest BCUT2D eigenvalue weighted by molar-refractivity contribution is 7.99. The van der Waals surface area contributed by atoms with E-state index in [-0.39, 0.29) is 17.9 Å². The fourth-order valence-electron chi connectivity index (χ4n) is 3.31. The smallest absolute Gasteiger partial charge is 0.277 e. The summed E-state index contributed by atoms with van der Waals surface area (Å²) in [5.74, 6) is 0.359. The van der Waals surface area contributed by atoms with Crippen LogP contribution in [0.5, 0.6) is 5.75 Å². The summed E-state index contributed by atoms with van der Waals surface area (Å²) in [7, 11) is 0. The zero-order valence-electron chi connectivity index (χ0n) is 18.7.